The third-order valence-electron chi connectivity index (χ3n) is 3.41. The summed E-state index contributed by atoms with van der Waals surface area (Å²) in [6, 6.07) is 12.6. The molecule has 3 rings (SSSR count). The number of methoxy groups -OCH3 is 1. The number of carbonyl (C=O) groups is 1. The number of para-hydroxylation sites is 2. The molecule has 6 nitrogen and oxygen atoms in total. The van der Waals surface area contributed by atoms with Crippen molar-refractivity contribution in [2.75, 3.05) is 7.11 Å². The molecule has 128 valence electrons. The van der Waals surface area contributed by atoms with Crippen LogP contribution in [0.3, 0.4) is 0 Å². The fraction of sp³-hybridized carbons (Fsp3) is 0.167. The third kappa shape index (κ3) is 4.20. The second-order valence-corrected chi connectivity index (χ2v) is 5.14. The summed E-state index contributed by atoms with van der Waals surface area (Å²) < 4.78 is 28.4. The van der Waals surface area contributed by atoms with Gasteiger partial charge in [-0.1, -0.05) is 17.3 Å². The molecule has 0 fully saturated rings. The average molecular weight is 342 g/mol. The van der Waals surface area contributed by atoms with Crippen molar-refractivity contribution in [3.8, 4) is 22.9 Å². The topological polar surface area (TPSA) is 74.5 Å². The van der Waals surface area contributed by atoms with E-state index in [2.05, 4.69) is 10.1 Å². The Morgan fingerprint density at radius 2 is 1.84 bits per heavy atom. The molecule has 0 atom stereocenters. The Hall–Kier alpha value is -3.22. The minimum absolute atomic E-state index is 0.0725. The molecule has 0 unspecified atom stereocenters. The summed E-state index contributed by atoms with van der Waals surface area (Å²) in [5.74, 6) is 0.696. The molecule has 1 heterocycles. The van der Waals surface area contributed by atoms with Gasteiger partial charge in [-0.25, -0.2) is 4.39 Å². The summed E-state index contributed by atoms with van der Waals surface area (Å²) in [7, 11) is 1.50. The Kier molecular flexibility index (Phi) is 5.03. The van der Waals surface area contributed by atoms with Gasteiger partial charge in [-0.05, 0) is 36.4 Å². The van der Waals surface area contributed by atoms with Gasteiger partial charge in [0.1, 0.15) is 5.82 Å². The second-order valence-electron chi connectivity index (χ2n) is 5.14. The lowest BCUT2D eigenvalue weighted by molar-refractivity contribution is -0.134. The first-order valence-corrected chi connectivity index (χ1v) is 7.58. The van der Waals surface area contributed by atoms with Crippen LogP contribution in [0, 0.1) is 5.82 Å². The number of esters is 1. The molecule has 1 aromatic heterocycles. The van der Waals surface area contributed by atoms with Crippen molar-refractivity contribution in [3.05, 3.63) is 60.2 Å². The fourth-order valence-corrected chi connectivity index (χ4v) is 2.16. The van der Waals surface area contributed by atoms with Crippen LogP contribution in [0.5, 0.6) is 11.5 Å². The SMILES string of the molecule is COc1ccccc1OC(=O)CCc1nc(-c2ccc(F)cc2)no1. The Morgan fingerprint density at radius 3 is 2.56 bits per heavy atom. The van der Waals surface area contributed by atoms with Crippen molar-refractivity contribution in [1.82, 2.24) is 10.1 Å². The lowest BCUT2D eigenvalue weighted by atomic mass is 10.2. The van der Waals surface area contributed by atoms with Gasteiger partial charge in [0.25, 0.3) is 0 Å². The zero-order valence-corrected chi connectivity index (χ0v) is 13.4. The van der Waals surface area contributed by atoms with Gasteiger partial charge < -0.3 is 14.0 Å². The molecular weight excluding hydrogens is 327 g/mol. The monoisotopic (exact) mass is 342 g/mol. The molecule has 3 aromatic rings. The van der Waals surface area contributed by atoms with Crippen molar-refractivity contribution < 1.29 is 23.2 Å². The summed E-state index contributed by atoms with van der Waals surface area (Å²) in [5.41, 5.74) is 0.632. The molecule has 2 aromatic carbocycles. The van der Waals surface area contributed by atoms with Crippen LogP contribution in [0.25, 0.3) is 11.4 Å². The maximum Gasteiger partial charge on any atom is 0.311 e. The van der Waals surface area contributed by atoms with Crippen molar-refractivity contribution in [2.45, 2.75) is 12.8 Å². The number of halogens is 1. The molecule has 0 aliphatic rings. The van der Waals surface area contributed by atoms with Crippen LogP contribution in [-0.2, 0) is 11.2 Å². The highest BCUT2D eigenvalue weighted by atomic mass is 19.1. The first kappa shape index (κ1) is 16.6. The fourth-order valence-electron chi connectivity index (χ4n) is 2.16. The summed E-state index contributed by atoms with van der Waals surface area (Å²) >= 11 is 0. The molecule has 0 amide bonds. The predicted molar refractivity (Wildman–Crippen MR) is 86.6 cm³/mol. The normalized spacial score (nSPS) is 10.5. The quantitative estimate of drug-likeness (QED) is 0.505. The van der Waals surface area contributed by atoms with Gasteiger partial charge in [0.15, 0.2) is 11.5 Å². The highest BCUT2D eigenvalue weighted by Gasteiger charge is 2.13. The van der Waals surface area contributed by atoms with Crippen molar-refractivity contribution in [1.29, 1.82) is 0 Å². The molecule has 0 N–H and O–H groups in total. The number of nitrogens with zero attached hydrogens (tertiary/aromatic N) is 2. The Balaban J connectivity index is 1.58. The van der Waals surface area contributed by atoms with E-state index in [9.17, 15) is 9.18 Å². The lowest BCUT2D eigenvalue weighted by Gasteiger charge is -2.07. The Labute approximate surface area is 143 Å². The number of rotatable bonds is 6. The van der Waals surface area contributed by atoms with Gasteiger partial charge in [0.05, 0.1) is 13.5 Å². The summed E-state index contributed by atoms with van der Waals surface area (Å²) in [6.07, 6.45) is 0.311. The highest BCUT2D eigenvalue weighted by Crippen LogP contribution is 2.26. The Morgan fingerprint density at radius 1 is 1.12 bits per heavy atom. The van der Waals surface area contributed by atoms with Crippen molar-refractivity contribution in [3.63, 3.8) is 0 Å². The zero-order chi connectivity index (χ0) is 17.6. The largest absolute Gasteiger partial charge is 0.493 e. The molecular formula is C18H15FN2O4. The molecule has 0 saturated carbocycles. The van der Waals surface area contributed by atoms with E-state index >= 15 is 0 Å². The Bertz CT molecular complexity index is 862. The minimum atomic E-state index is -0.439. The van der Waals surface area contributed by atoms with Gasteiger partial charge in [0.2, 0.25) is 11.7 Å². The summed E-state index contributed by atoms with van der Waals surface area (Å²) in [6.45, 7) is 0. The van der Waals surface area contributed by atoms with Crippen molar-refractivity contribution in [2.24, 2.45) is 0 Å². The van der Waals surface area contributed by atoms with Gasteiger partial charge >= 0.3 is 5.97 Å². The maximum absolute atomic E-state index is 12.9. The van der Waals surface area contributed by atoms with Gasteiger partial charge in [-0.2, -0.15) is 4.98 Å². The van der Waals surface area contributed by atoms with Gasteiger partial charge in [-0.3, -0.25) is 4.79 Å². The van der Waals surface area contributed by atoms with Crippen LogP contribution in [0.15, 0.2) is 53.1 Å². The maximum atomic E-state index is 12.9. The van der Waals surface area contributed by atoms with Crippen LogP contribution in [0.4, 0.5) is 4.39 Å². The number of aryl methyl sites for hydroxylation is 1. The number of hydrogen-bond acceptors (Lipinski definition) is 6. The molecule has 0 aliphatic carbocycles. The van der Waals surface area contributed by atoms with Crippen LogP contribution in [0.1, 0.15) is 12.3 Å². The number of hydrogen-bond donors (Lipinski definition) is 0. The standard InChI is InChI=1S/C18H15FN2O4/c1-23-14-4-2-3-5-15(14)24-17(22)11-10-16-20-18(21-25-16)12-6-8-13(19)9-7-12/h2-9H,10-11H2,1H3. The smallest absolute Gasteiger partial charge is 0.311 e. The molecule has 0 bridgehead atoms. The van der Waals surface area contributed by atoms with Crippen LogP contribution in [0.2, 0.25) is 0 Å². The van der Waals surface area contributed by atoms with E-state index in [1.807, 2.05) is 0 Å². The predicted octanol–water partition coefficient (Wildman–Crippen LogP) is 3.42. The average Bonchev–Trinajstić information content (AvgIpc) is 3.10. The van der Waals surface area contributed by atoms with Gasteiger partial charge in [-0.15, -0.1) is 0 Å². The van der Waals surface area contributed by atoms with E-state index in [4.69, 9.17) is 14.0 Å². The van der Waals surface area contributed by atoms with E-state index in [-0.39, 0.29) is 18.7 Å². The highest BCUT2D eigenvalue weighted by molar-refractivity contribution is 5.73. The van der Waals surface area contributed by atoms with Crippen LogP contribution >= 0.6 is 0 Å². The van der Waals surface area contributed by atoms with E-state index < -0.39 is 5.97 Å². The molecule has 25 heavy (non-hydrogen) atoms. The van der Waals surface area contributed by atoms with E-state index in [1.54, 1.807) is 36.4 Å². The molecule has 0 spiro atoms. The summed E-state index contributed by atoms with van der Waals surface area (Å²) in [4.78, 5) is 16.1. The number of benzene rings is 2. The number of carbonyl (C=O) groups excluding carboxylic acids is 1. The lowest BCUT2D eigenvalue weighted by Crippen LogP contribution is -2.09. The van der Waals surface area contributed by atoms with E-state index in [1.165, 1.54) is 19.2 Å². The van der Waals surface area contributed by atoms with E-state index in [0.29, 0.717) is 28.8 Å². The molecule has 0 saturated heterocycles. The molecule has 0 radical (unpaired) electrons. The van der Waals surface area contributed by atoms with Crippen LogP contribution in [-0.4, -0.2) is 23.2 Å². The first-order chi connectivity index (χ1) is 12.2. The first-order valence-electron chi connectivity index (χ1n) is 7.58. The van der Waals surface area contributed by atoms with E-state index in [0.717, 1.165) is 0 Å². The third-order valence-corrected chi connectivity index (χ3v) is 3.41. The second kappa shape index (κ2) is 7.57. The summed E-state index contributed by atoms with van der Waals surface area (Å²) in [5, 5.41) is 3.82. The zero-order valence-electron chi connectivity index (χ0n) is 13.4. The molecule has 7 heteroatoms. The van der Waals surface area contributed by atoms with Gasteiger partial charge in [0, 0.05) is 12.0 Å². The van der Waals surface area contributed by atoms with Crippen LogP contribution < -0.4 is 9.47 Å². The minimum Gasteiger partial charge on any atom is -0.493 e. The van der Waals surface area contributed by atoms with Crippen molar-refractivity contribution >= 4 is 5.97 Å². The molecule has 0 aliphatic heterocycles. The number of ether oxygens (including phenoxy) is 2. The number of aromatic nitrogens is 2.